The summed E-state index contributed by atoms with van der Waals surface area (Å²) in [6.07, 6.45) is 1.46. The summed E-state index contributed by atoms with van der Waals surface area (Å²) in [6, 6.07) is 2.68. The molecule has 0 radical (unpaired) electrons. The second-order valence-electron chi connectivity index (χ2n) is 3.66. The molecule has 0 amide bonds. The lowest BCUT2D eigenvalue weighted by atomic mass is 9.99. The predicted octanol–water partition coefficient (Wildman–Crippen LogP) is 2.84. The Morgan fingerprint density at radius 2 is 2.29 bits per heavy atom. The topological polar surface area (TPSA) is 17.8 Å². The quantitative estimate of drug-likeness (QED) is 0.684. The van der Waals surface area contributed by atoms with Crippen molar-refractivity contribution < 1.29 is 8.50 Å². The highest BCUT2D eigenvalue weighted by molar-refractivity contribution is 5.82. The molecule has 0 aliphatic heterocycles. The molecular weight excluding hydrogens is 179 g/mol. The van der Waals surface area contributed by atoms with Crippen LogP contribution in [0.15, 0.2) is 18.3 Å². The zero-order chi connectivity index (χ0) is 12.8. The Hall–Kier alpha value is -1.38. The van der Waals surface area contributed by atoms with E-state index in [1.54, 1.807) is 0 Å². The standard InChI is InChI=1S/C11H13FN2/c1-7(2)9-4-8(12)5-11-10(9)6-14(3)13-11/h4-7H,1-3H3/i3D3. The molecule has 0 N–H and O–H groups in total. The first kappa shape index (κ1) is 6.17. The first-order chi connectivity index (χ1) is 7.79. The van der Waals surface area contributed by atoms with Crippen LogP contribution in [0.4, 0.5) is 4.39 Å². The van der Waals surface area contributed by atoms with E-state index < -0.39 is 12.8 Å². The Morgan fingerprint density at radius 1 is 1.50 bits per heavy atom. The Morgan fingerprint density at radius 3 is 2.93 bits per heavy atom. The first-order valence-corrected chi connectivity index (χ1v) is 4.48. The molecule has 14 heavy (non-hydrogen) atoms. The summed E-state index contributed by atoms with van der Waals surface area (Å²) in [5, 5.41) is 4.59. The molecule has 0 aliphatic carbocycles. The first-order valence-electron chi connectivity index (χ1n) is 5.98. The third-order valence-corrected chi connectivity index (χ3v) is 2.24. The summed E-state index contributed by atoms with van der Waals surface area (Å²) in [5.41, 5.74) is 1.15. The highest BCUT2D eigenvalue weighted by Crippen LogP contribution is 2.25. The number of rotatable bonds is 1. The molecule has 1 aromatic heterocycles. The molecule has 0 aliphatic rings. The average molecular weight is 195 g/mol. The van der Waals surface area contributed by atoms with Gasteiger partial charge >= 0.3 is 0 Å². The molecule has 0 saturated heterocycles. The number of nitrogens with zero attached hydrogens (tertiary/aromatic N) is 2. The van der Waals surface area contributed by atoms with Crippen LogP contribution in [0.5, 0.6) is 0 Å². The van der Waals surface area contributed by atoms with Gasteiger partial charge in [-0.1, -0.05) is 13.8 Å². The summed E-state index contributed by atoms with van der Waals surface area (Å²) in [5.74, 6) is -0.278. The lowest BCUT2D eigenvalue weighted by Crippen LogP contribution is -1.89. The molecule has 0 atom stereocenters. The molecule has 0 fully saturated rings. The fourth-order valence-electron chi connectivity index (χ4n) is 1.59. The average Bonchev–Trinajstić information content (AvgIpc) is 2.58. The molecule has 1 aromatic carbocycles. The van der Waals surface area contributed by atoms with Gasteiger partial charge in [-0.2, -0.15) is 5.10 Å². The Balaban J connectivity index is 2.72. The van der Waals surface area contributed by atoms with E-state index >= 15 is 0 Å². The summed E-state index contributed by atoms with van der Waals surface area (Å²) >= 11 is 0. The maximum atomic E-state index is 13.4. The van der Waals surface area contributed by atoms with Crippen molar-refractivity contribution in [3.05, 3.63) is 29.7 Å². The molecule has 1 heterocycles. The van der Waals surface area contributed by atoms with Crippen molar-refractivity contribution >= 4 is 10.9 Å². The number of aryl methyl sites for hydroxylation is 1. The Kier molecular flexibility index (Phi) is 1.36. The third-order valence-electron chi connectivity index (χ3n) is 2.24. The maximum Gasteiger partial charge on any atom is 0.125 e. The van der Waals surface area contributed by atoms with Crippen molar-refractivity contribution in [1.82, 2.24) is 9.78 Å². The van der Waals surface area contributed by atoms with Crippen LogP contribution < -0.4 is 0 Å². The molecule has 0 unspecified atom stereocenters. The van der Waals surface area contributed by atoms with E-state index in [0.717, 1.165) is 10.2 Å². The van der Waals surface area contributed by atoms with Crippen LogP contribution in [0.3, 0.4) is 0 Å². The maximum absolute atomic E-state index is 13.4. The molecular formula is C11H13FN2. The van der Waals surface area contributed by atoms with Crippen LogP contribution in [0.2, 0.25) is 0 Å². The second-order valence-corrected chi connectivity index (χ2v) is 3.66. The Bertz CT molecular complexity index is 558. The van der Waals surface area contributed by atoms with Crippen LogP contribution in [0.1, 0.15) is 29.4 Å². The number of hydrogen-bond acceptors (Lipinski definition) is 1. The van der Waals surface area contributed by atoms with Gasteiger partial charge in [0.2, 0.25) is 0 Å². The number of benzene rings is 1. The van der Waals surface area contributed by atoms with Gasteiger partial charge in [-0.05, 0) is 17.5 Å². The normalized spacial score (nSPS) is 15.6. The van der Waals surface area contributed by atoms with Crippen molar-refractivity contribution in [2.45, 2.75) is 19.8 Å². The van der Waals surface area contributed by atoms with E-state index in [4.69, 9.17) is 4.11 Å². The molecule has 2 rings (SSSR count). The van der Waals surface area contributed by atoms with E-state index in [9.17, 15) is 4.39 Å². The van der Waals surface area contributed by atoms with Gasteiger partial charge in [0.1, 0.15) is 5.82 Å². The van der Waals surface area contributed by atoms with Gasteiger partial charge in [-0.15, -0.1) is 0 Å². The lowest BCUT2D eigenvalue weighted by molar-refractivity contribution is 0.625. The van der Waals surface area contributed by atoms with Crippen LogP contribution in [0, 0.1) is 5.82 Å². The van der Waals surface area contributed by atoms with Crippen LogP contribution in [-0.2, 0) is 6.98 Å². The SMILES string of the molecule is [2H]C([2H])([2H])n1cc2c(C(C)C)cc(F)cc2n1. The minimum absolute atomic E-state index is 0.113. The number of fused-ring (bicyclic) bond motifs is 1. The Labute approximate surface area is 86.6 Å². The second kappa shape index (κ2) is 3.08. The summed E-state index contributed by atoms with van der Waals surface area (Å²) < 4.78 is 36.1. The van der Waals surface area contributed by atoms with Gasteiger partial charge < -0.3 is 0 Å². The van der Waals surface area contributed by atoms with E-state index in [-0.39, 0.29) is 5.92 Å². The third kappa shape index (κ3) is 1.39. The lowest BCUT2D eigenvalue weighted by Gasteiger charge is -2.06. The monoisotopic (exact) mass is 195 g/mol. The van der Waals surface area contributed by atoms with E-state index in [0.29, 0.717) is 10.9 Å². The van der Waals surface area contributed by atoms with Gasteiger partial charge in [0.15, 0.2) is 0 Å². The van der Waals surface area contributed by atoms with Crippen LogP contribution >= 0.6 is 0 Å². The highest BCUT2D eigenvalue weighted by atomic mass is 19.1. The van der Waals surface area contributed by atoms with Gasteiger partial charge in [0.25, 0.3) is 0 Å². The van der Waals surface area contributed by atoms with E-state index in [1.807, 2.05) is 13.8 Å². The molecule has 0 bridgehead atoms. The van der Waals surface area contributed by atoms with Crippen molar-refractivity contribution in [1.29, 1.82) is 0 Å². The molecule has 0 saturated carbocycles. The zero-order valence-corrected chi connectivity index (χ0v) is 8.08. The minimum atomic E-state index is -2.33. The molecule has 74 valence electrons. The molecule has 2 nitrogen and oxygen atoms in total. The largest absolute Gasteiger partial charge is 0.275 e. The fourth-order valence-corrected chi connectivity index (χ4v) is 1.59. The van der Waals surface area contributed by atoms with Crippen molar-refractivity contribution in [2.24, 2.45) is 6.98 Å². The van der Waals surface area contributed by atoms with Gasteiger partial charge in [-0.25, -0.2) is 4.39 Å². The van der Waals surface area contributed by atoms with Crippen molar-refractivity contribution in [3.63, 3.8) is 0 Å². The molecule has 3 heteroatoms. The van der Waals surface area contributed by atoms with Crippen LogP contribution in [-0.4, -0.2) is 9.78 Å². The summed E-state index contributed by atoms with van der Waals surface area (Å²) in [7, 11) is 0. The van der Waals surface area contributed by atoms with Gasteiger partial charge in [0.05, 0.1) is 5.52 Å². The van der Waals surface area contributed by atoms with E-state index in [2.05, 4.69) is 5.10 Å². The van der Waals surface area contributed by atoms with E-state index in [1.165, 1.54) is 18.3 Å². The minimum Gasteiger partial charge on any atom is -0.275 e. The number of hydrogen-bond donors (Lipinski definition) is 0. The fraction of sp³-hybridized carbons (Fsp3) is 0.364. The van der Waals surface area contributed by atoms with Gasteiger partial charge in [-0.3, -0.25) is 4.68 Å². The number of halogens is 1. The zero-order valence-electron chi connectivity index (χ0n) is 11.1. The van der Waals surface area contributed by atoms with Crippen LogP contribution in [0.25, 0.3) is 10.9 Å². The predicted molar refractivity (Wildman–Crippen MR) is 54.8 cm³/mol. The molecule has 2 aromatic rings. The van der Waals surface area contributed by atoms with Crippen molar-refractivity contribution in [2.75, 3.05) is 0 Å². The molecule has 0 spiro atoms. The van der Waals surface area contributed by atoms with Gasteiger partial charge in [0, 0.05) is 28.7 Å². The highest BCUT2D eigenvalue weighted by Gasteiger charge is 2.09. The number of aromatic nitrogens is 2. The smallest absolute Gasteiger partial charge is 0.125 e. The van der Waals surface area contributed by atoms with Crippen molar-refractivity contribution in [3.8, 4) is 0 Å². The summed E-state index contributed by atoms with van der Waals surface area (Å²) in [4.78, 5) is 0. The summed E-state index contributed by atoms with van der Waals surface area (Å²) in [6.45, 7) is 1.53.